The van der Waals surface area contributed by atoms with Crippen molar-refractivity contribution < 1.29 is 0 Å². The minimum Gasteiger partial charge on any atom is -0.361 e. The van der Waals surface area contributed by atoms with Crippen LogP contribution in [-0.4, -0.2) is 11.5 Å². The van der Waals surface area contributed by atoms with Gasteiger partial charge in [-0.3, -0.25) is 4.98 Å². The quantitative estimate of drug-likeness (QED) is 0.908. The molecule has 3 rings (SSSR count). The van der Waals surface area contributed by atoms with Gasteiger partial charge in [-0.2, -0.15) is 0 Å². The van der Waals surface area contributed by atoms with Gasteiger partial charge in [-0.05, 0) is 29.3 Å². The molecule has 1 N–H and O–H groups in total. The first-order valence-corrected chi connectivity index (χ1v) is 6.84. The van der Waals surface area contributed by atoms with Gasteiger partial charge >= 0.3 is 0 Å². The Kier molecular flexibility index (Phi) is 3.47. The molecule has 0 fully saturated rings. The first-order valence-electron chi connectivity index (χ1n) is 6.84. The Labute approximate surface area is 114 Å². The average Bonchev–Trinajstić information content (AvgIpc) is 2.89. The molecule has 1 aromatic heterocycles. The summed E-state index contributed by atoms with van der Waals surface area (Å²) < 4.78 is 0. The van der Waals surface area contributed by atoms with Crippen molar-refractivity contribution in [3.63, 3.8) is 0 Å². The molecule has 2 aromatic rings. The number of nitrogens with one attached hydrogen (secondary N) is 1. The van der Waals surface area contributed by atoms with E-state index in [4.69, 9.17) is 0 Å². The second-order valence-corrected chi connectivity index (χ2v) is 4.91. The van der Waals surface area contributed by atoms with Crippen molar-refractivity contribution in [1.29, 1.82) is 0 Å². The summed E-state index contributed by atoms with van der Waals surface area (Å²) in [7, 11) is 0. The van der Waals surface area contributed by atoms with E-state index in [0.717, 1.165) is 26.2 Å². The Bertz CT molecular complexity index is 540. The summed E-state index contributed by atoms with van der Waals surface area (Å²) >= 11 is 0. The number of benzene rings is 1. The van der Waals surface area contributed by atoms with Gasteiger partial charge in [-0.25, -0.2) is 0 Å². The molecule has 0 aliphatic carbocycles. The summed E-state index contributed by atoms with van der Waals surface area (Å²) in [4.78, 5) is 6.70. The van der Waals surface area contributed by atoms with E-state index < -0.39 is 0 Å². The lowest BCUT2D eigenvalue weighted by Crippen LogP contribution is -2.19. The van der Waals surface area contributed by atoms with Crippen LogP contribution in [0, 0.1) is 0 Å². The van der Waals surface area contributed by atoms with Crippen LogP contribution >= 0.6 is 0 Å². The number of hydrogen-bond donors (Lipinski definition) is 1. The fourth-order valence-electron chi connectivity index (χ4n) is 2.61. The van der Waals surface area contributed by atoms with E-state index in [1.165, 1.54) is 22.4 Å². The van der Waals surface area contributed by atoms with Gasteiger partial charge in [-0.1, -0.05) is 31.2 Å². The maximum Gasteiger partial charge on any atom is 0.0604 e. The molecule has 0 radical (unpaired) electrons. The van der Waals surface area contributed by atoms with Crippen molar-refractivity contribution in [1.82, 2.24) is 10.3 Å². The third kappa shape index (κ3) is 2.47. The van der Waals surface area contributed by atoms with E-state index in [2.05, 4.69) is 52.5 Å². The molecule has 0 saturated carbocycles. The minimum absolute atomic E-state index is 0.904. The molecule has 0 atom stereocenters. The van der Waals surface area contributed by atoms with Crippen molar-refractivity contribution in [2.75, 3.05) is 11.4 Å². The number of hydrogen-bond acceptors (Lipinski definition) is 3. The van der Waals surface area contributed by atoms with Crippen molar-refractivity contribution in [2.24, 2.45) is 0 Å². The Morgan fingerprint density at radius 1 is 1.16 bits per heavy atom. The molecule has 98 valence electrons. The fourth-order valence-corrected chi connectivity index (χ4v) is 2.61. The topological polar surface area (TPSA) is 28.2 Å². The third-order valence-corrected chi connectivity index (χ3v) is 3.63. The summed E-state index contributed by atoms with van der Waals surface area (Å²) in [6, 6.07) is 10.8. The zero-order chi connectivity index (χ0) is 13.1. The van der Waals surface area contributed by atoms with Crippen LogP contribution in [0.25, 0.3) is 0 Å². The number of fused-ring (bicyclic) bond motifs is 1. The van der Waals surface area contributed by atoms with Crippen molar-refractivity contribution >= 4 is 5.69 Å². The summed E-state index contributed by atoms with van der Waals surface area (Å²) in [5, 5.41) is 3.40. The maximum atomic E-state index is 4.29. The van der Waals surface area contributed by atoms with E-state index in [1.807, 2.05) is 12.4 Å². The van der Waals surface area contributed by atoms with Crippen molar-refractivity contribution in [3.8, 4) is 0 Å². The van der Waals surface area contributed by atoms with Crippen LogP contribution in [0.5, 0.6) is 0 Å². The van der Waals surface area contributed by atoms with Crippen molar-refractivity contribution in [2.45, 2.75) is 26.6 Å². The number of rotatable bonds is 4. The smallest absolute Gasteiger partial charge is 0.0604 e. The number of aromatic nitrogens is 1. The van der Waals surface area contributed by atoms with Crippen LogP contribution < -0.4 is 10.2 Å². The van der Waals surface area contributed by atoms with Gasteiger partial charge in [0.15, 0.2) is 0 Å². The summed E-state index contributed by atoms with van der Waals surface area (Å²) in [5.41, 5.74) is 5.44. The van der Waals surface area contributed by atoms with E-state index >= 15 is 0 Å². The van der Waals surface area contributed by atoms with Crippen LogP contribution in [0.15, 0.2) is 42.7 Å². The highest BCUT2D eigenvalue weighted by atomic mass is 15.2. The standard InChI is InChI=1S/C16H19N3/c1-2-17-9-13-7-8-18-10-16(13)19-11-14-5-3-4-6-15(14)12-19/h3-8,10,17H,2,9,11-12H2,1H3. The van der Waals surface area contributed by atoms with Gasteiger partial charge in [-0.15, -0.1) is 0 Å². The molecule has 2 heterocycles. The third-order valence-electron chi connectivity index (χ3n) is 3.63. The molecule has 1 aliphatic heterocycles. The Morgan fingerprint density at radius 3 is 2.58 bits per heavy atom. The molecule has 1 aromatic carbocycles. The molecule has 19 heavy (non-hydrogen) atoms. The Morgan fingerprint density at radius 2 is 1.89 bits per heavy atom. The monoisotopic (exact) mass is 253 g/mol. The lowest BCUT2D eigenvalue weighted by molar-refractivity contribution is 0.719. The van der Waals surface area contributed by atoms with Crippen LogP contribution in [0.2, 0.25) is 0 Å². The van der Waals surface area contributed by atoms with E-state index in [1.54, 1.807) is 0 Å². The molecule has 0 amide bonds. The van der Waals surface area contributed by atoms with Crippen LogP contribution in [0.3, 0.4) is 0 Å². The lowest BCUT2D eigenvalue weighted by Gasteiger charge is -2.21. The predicted octanol–water partition coefficient (Wildman–Crippen LogP) is 2.71. The number of nitrogens with zero attached hydrogens (tertiary/aromatic N) is 2. The molecule has 0 spiro atoms. The molecule has 3 nitrogen and oxygen atoms in total. The molecule has 0 saturated heterocycles. The molecule has 3 heteroatoms. The first kappa shape index (κ1) is 12.2. The highest BCUT2D eigenvalue weighted by molar-refractivity contribution is 5.55. The zero-order valence-electron chi connectivity index (χ0n) is 11.3. The zero-order valence-corrected chi connectivity index (χ0v) is 11.3. The van der Waals surface area contributed by atoms with E-state index in [9.17, 15) is 0 Å². The lowest BCUT2D eigenvalue weighted by atomic mass is 10.1. The van der Waals surface area contributed by atoms with Gasteiger partial charge in [0.1, 0.15) is 0 Å². The SMILES string of the molecule is CCNCc1ccncc1N1Cc2ccccc2C1. The largest absolute Gasteiger partial charge is 0.361 e. The average molecular weight is 253 g/mol. The summed E-state index contributed by atoms with van der Waals surface area (Å²) in [5.74, 6) is 0. The number of pyridine rings is 1. The Hall–Kier alpha value is -1.87. The maximum absolute atomic E-state index is 4.29. The minimum atomic E-state index is 0.904. The van der Waals surface area contributed by atoms with E-state index in [-0.39, 0.29) is 0 Å². The highest BCUT2D eigenvalue weighted by Crippen LogP contribution is 2.29. The van der Waals surface area contributed by atoms with Gasteiger partial charge in [0.25, 0.3) is 0 Å². The van der Waals surface area contributed by atoms with Crippen LogP contribution in [0.4, 0.5) is 5.69 Å². The van der Waals surface area contributed by atoms with Gasteiger partial charge in [0.05, 0.1) is 11.9 Å². The normalized spacial score (nSPS) is 13.6. The predicted molar refractivity (Wildman–Crippen MR) is 77.9 cm³/mol. The van der Waals surface area contributed by atoms with Crippen LogP contribution in [-0.2, 0) is 19.6 Å². The van der Waals surface area contributed by atoms with Gasteiger partial charge in [0.2, 0.25) is 0 Å². The molecule has 0 bridgehead atoms. The summed E-state index contributed by atoms with van der Waals surface area (Å²) in [6.07, 6.45) is 3.86. The first-order chi connectivity index (χ1) is 9.38. The fraction of sp³-hybridized carbons (Fsp3) is 0.312. The van der Waals surface area contributed by atoms with Crippen LogP contribution in [0.1, 0.15) is 23.6 Å². The molecular weight excluding hydrogens is 234 g/mol. The molecule has 1 aliphatic rings. The van der Waals surface area contributed by atoms with Gasteiger partial charge < -0.3 is 10.2 Å². The van der Waals surface area contributed by atoms with Crippen molar-refractivity contribution in [3.05, 3.63) is 59.4 Å². The number of anilines is 1. The Balaban J connectivity index is 1.84. The second kappa shape index (κ2) is 5.41. The second-order valence-electron chi connectivity index (χ2n) is 4.91. The molecular formula is C16H19N3. The van der Waals surface area contributed by atoms with Gasteiger partial charge in [0, 0.05) is 25.8 Å². The highest BCUT2D eigenvalue weighted by Gasteiger charge is 2.20. The van der Waals surface area contributed by atoms with E-state index in [0.29, 0.717) is 0 Å². The summed E-state index contributed by atoms with van der Waals surface area (Å²) in [6.45, 7) is 6.00. The molecule has 0 unspecified atom stereocenters.